The average molecular weight is 264 g/mol. The summed E-state index contributed by atoms with van der Waals surface area (Å²) in [5, 5.41) is 2.15. The van der Waals surface area contributed by atoms with Gasteiger partial charge in [-0.05, 0) is 25.1 Å². The number of alkyl halides is 4. The summed E-state index contributed by atoms with van der Waals surface area (Å²) in [6.07, 6.45) is -3.74. The molecule has 1 aromatic carbocycles. The molecule has 3 N–H and O–H groups in total. The Kier molecular flexibility index (Phi) is 4.15. The van der Waals surface area contributed by atoms with Crippen LogP contribution < -0.4 is 11.1 Å². The molecule has 0 aliphatic rings. The van der Waals surface area contributed by atoms with Crippen molar-refractivity contribution in [1.82, 2.24) is 0 Å². The number of nitrogen functional groups attached to an aromatic ring is 1. The first-order valence-corrected chi connectivity index (χ1v) is 5.04. The zero-order valence-corrected chi connectivity index (χ0v) is 9.51. The molecule has 1 aromatic rings. The predicted molar refractivity (Wildman–Crippen MR) is 60.3 cm³/mol. The van der Waals surface area contributed by atoms with Crippen molar-refractivity contribution in [2.75, 3.05) is 17.6 Å². The summed E-state index contributed by atoms with van der Waals surface area (Å²) in [7, 11) is 0. The lowest BCUT2D eigenvalue weighted by Gasteiger charge is -2.17. The van der Waals surface area contributed by atoms with Crippen LogP contribution in [0.1, 0.15) is 17.3 Å². The first-order valence-electron chi connectivity index (χ1n) is 5.04. The number of Topliss-reactive ketones (excluding diaryl/α,β-unsaturated/α-hetero) is 1. The van der Waals surface area contributed by atoms with E-state index in [0.717, 1.165) is 0 Å². The molecule has 100 valence electrons. The van der Waals surface area contributed by atoms with Crippen LogP contribution in [0.5, 0.6) is 0 Å². The number of benzene rings is 1. The van der Waals surface area contributed by atoms with Crippen LogP contribution in [0, 0.1) is 0 Å². The molecule has 0 aliphatic heterocycles. The minimum absolute atomic E-state index is 0.105. The second-order valence-corrected chi connectivity index (χ2v) is 3.77. The third-order valence-corrected chi connectivity index (χ3v) is 2.28. The molecule has 0 saturated heterocycles. The van der Waals surface area contributed by atoms with E-state index in [1.54, 1.807) is 0 Å². The Bertz CT molecular complexity index is 449. The molecule has 0 bridgehead atoms. The Hall–Kier alpha value is -1.79. The summed E-state index contributed by atoms with van der Waals surface area (Å²) in [5.41, 5.74) is 6.03. The van der Waals surface area contributed by atoms with Gasteiger partial charge in [0.05, 0.1) is 6.54 Å². The minimum Gasteiger partial charge on any atom is -0.398 e. The molecular formula is C11H12F4N2O. The maximum atomic E-state index is 12.6. The predicted octanol–water partition coefficient (Wildman–Crippen LogP) is 2.78. The molecule has 0 radical (unpaired) electrons. The van der Waals surface area contributed by atoms with Crippen LogP contribution in [0.2, 0.25) is 0 Å². The minimum atomic E-state index is -4.12. The van der Waals surface area contributed by atoms with Crippen molar-refractivity contribution in [2.24, 2.45) is 0 Å². The third kappa shape index (κ3) is 3.35. The fourth-order valence-electron chi connectivity index (χ4n) is 1.29. The number of carbonyl (C=O) groups is 1. The summed E-state index contributed by atoms with van der Waals surface area (Å²) in [5.74, 6) is -4.38. The molecular weight excluding hydrogens is 252 g/mol. The van der Waals surface area contributed by atoms with Crippen molar-refractivity contribution in [1.29, 1.82) is 0 Å². The lowest BCUT2D eigenvalue weighted by molar-refractivity contribution is -0.117. The molecule has 0 spiro atoms. The third-order valence-electron chi connectivity index (χ3n) is 2.28. The number of hydrogen-bond acceptors (Lipinski definition) is 3. The first kappa shape index (κ1) is 14.3. The van der Waals surface area contributed by atoms with Crippen molar-refractivity contribution in [3.8, 4) is 0 Å². The van der Waals surface area contributed by atoms with Crippen LogP contribution in [0.3, 0.4) is 0 Å². The van der Waals surface area contributed by atoms with Gasteiger partial charge in [-0.1, -0.05) is 0 Å². The highest BCUT2D eigenvalue weighted by molar-refractivity contribution is 5.99. The molecule has 1 rings (SSSR count). The molecule has 0 unspecified atom stereocenters. The fraction of sp³-hybridized carbons (Fsp3) is 0.364. The number of anilines is 2. The van der Waals surface area contributed by atoms with Crippen molar-refractivity contribution in [3.63, 3.8) is 0 Å². The highest BCUT2D eigenvalue weighted by Crippen LogP contribution is 2.24. The van der Waals surface area contributed by atoms with Gasteiger partial charge in [-0.15, -0.1) is 0 Å². The summed E-state index contributed by atoms with van der Waals surface area (Å²) < 4.78 is 49.1. The average Bonchev–Trinajstić information content (AvgIpc) is 2.25. The lowest BCUT2D eigenvalue weighted by Crippen LogP contribution is -2.34. The normalized spacial score (nSPS) is 11.7. The van der Waals surface area contributed by atoms with E-state index in [9.17, 15) is 22.4 Å². The molecule has 0 amide bonds. The van der Waals surface area contributed by atoms with E-state index >= 15 is 0 Å². The number of rotatable bonds is 5. The Morgan fingerprint density at radius 2 is 2.06 bits per heavy atom. The van der Waals surface area contributed by atoms with Crippen LogP contribution in [0.4, 0.5) is 28.9 Å². The van der Waals surface area contributed by atoms with Gasteiger partial charge in [0.15, 0.2) is 5.78 Å². The van der Waals surface area contributed by atoms with Crippen LogP contribution in [-0.2, 0) is 0 Å². The standard InChI is InChI=1S/C11H12F4N2O/c1-6(18)8-3-2-7(4-9(8)16)17-5-11(14,15)10(12)13/h2-4,10,17H,5,16H2,1H3. The van der Waals surface area contributed by atoms with Gasteiger partial charge in [-0.25, -0.2) is 8.78 Å². The van der Waals surface area contributed by atoms with Gasteiger partial charge in [0.25, 0.3) is 0 Å². The number of hydrogen-bond donors (Lipinski definition) is 2. The Morgan fingerprint density at radius 1 is 1.44 bits per heavy atom. The van der Waals surface area contributed by atoms with E-state index in [2.05, 4.69) is 5.32 Å². The Balaban J connectivity index is 2.76. The maximum absolute atomic E-state index is 12.6. The number of nitrogens with two attached hydrogens (primary N) is 1. The number of ketones is 1. The van der Waals surface area contributed by atoms with Crippen LogP contribution in [0.15, 0.2) is 18.2 Å². The molecule has 0 fully saturated rings. The van der Waals surface area contributed by atoms with Crippen molar-refractivity contribution in [3.05, 3.63) is 23.8 Å². The van der Waals surface area contributed by atoms with Crippen molar-refractivity contribution < 1.29 is 22.4 Å². The maximum Gasteiger partial charge on any atom is 0.324 e. The van der Waals surface area contributed by atoms with E-state index < -0.39 is 18.9 Å². The molecule has 18 heavy (non-hydrogen) atoms. The largest absolute Gasteiger partial charge is 0.398 e. The zero-order valence-electron chi connectivity index (χ0n) is 9.51. The first-order chi connectivity index (χ1) is 8.24. The van der Waals surface area contributed by atoms with E-state index in [4.69, 9.17) is 5.73 Å². The number of nitrogens with one attached hydrogen (secondary N) is 1. The van der Waals surface area contributed by atoms with Gasteiger partial charge < -0.3 is 11.1 Å². The van der Waals surface area contributed by atoms with E-state index in [1.807, 2.05) is 0 Å². The fourth-order valence-corrected chi connectivity index (χ4v) is 1.29. The van der Waals surface area contributed by atoms with E-state index in [-0.39, 0.29) is 22.7 Å². The monoisotopic (exact) mass is 264 g/mol. The van der Waals surface area contributed by atoms with Gasteiger partial charge in [-0.2, -0.15) is 8.78 Å². The molecule has 7 heteroatoms. The van der Waals surface area contributed by atoms with Gasteiger partial charge in [0.1, 0.15) is 0 Å². The Morgan fingerprint density at radius 3 is 2.50 bits per heavy atom. The van der Waals surface area contributed by atoms with Crippen LogP contribution in [0.25, 0.3) is 0 Å². The Labute approximate surface area is 101 Å². The van der Waals surface area contributed by atoms with Crippen LogP contribution >= 0.6 is 0 Å². The second kappa shape index (κ2) is 5.24. The smallest absolute Gasteiger partial charge is 0.324 e. The zero-order chi connectivity index (χ0) is 13.9. The number of carbonyl (C=O) groups excluding carboxylic acids is 1. The molecule has 0 saturated carbocycles. The molecule has 0 heterocycles. The summed E-state index contributed by atoms with van der Waals surface area (Å²) >= 11 is 0. The van der Waals surface area contributed by atoms with Gasteiger partial charge in [0.2, 0.25) is 0 Å². The summed E-state index contributed by atoms with van der Waals surface area (Å²) in [4.78, 5) is 11.1. The van der Waals surface area contributed by atoms with E-state index in [1.165, 1.54) is 25.1 Å². The highest BCUT2D eigenvalue weighted by Gasteiger charge is 2.40. The summed E-state index contributed by atoms with van der Waals surface area (Å²) in [6.45, 7) is 0.104. The van der Waals surface area contributed by atoms with Gasteiger partial charge in [-0.3, -0.25) is 4.79 Å². The molecule has 0 aliphatic carbocycles. The van der Waals surface area contributed by atoms with Crippen LogP contribution in [-0.4, -0.2) is 24.7 Å². The topological polar surface area (TPSA) is 55.1 Å². The molecule has 0 aromatic heterocycles. The van der Waals surface area contributed by atoms with Gasteiger partial charge in [0, 0.05) is 16.9 Å². The molecule has 3 nitrogen and oxygen atoms in total. The quantitative estimate of drug-likeness (QED) is 0.488. The summed E-state index contributed by atoms with van der Waals surface area (Å²) in [6, 6.07) is 3.92. The molecule has 0 atom stereocenters. The lowest BCUT2D eigenvalue weighted by atomic mass is 10.1. The van der Waals surface area contributed by atoms with Gasteiger partial charge >= 0.3 is 12.3 Å². The highest BCUT2D eigenvalue weighted by atomic mass is 19.3. The van der Waals surface area contributed by atoms with Crippen molar-refractivity contribution >= 4 is 17.2 Å². The number of halogens is 4. The van der Waals surface area contributed by atoms with E-state index in [0.29, 0.717) is 0 Å². The SMILES string of the molecule is CC(=O)c1ccc(NCC(F)(F)C(F)F)cc1N. The van der Waals surface area contributed by atoms with Crippen molar-refractivity contribution in [2.45, 2.75) is 19.3 Å². The second-order valence-electron chi connectivity index (χ2n) is 3.77.